The molecule has 122 valence electrons. The first kappa shape index (κ1) is 16.6. The molecule has 0 aliphatic rings. The normalized spacial score (nSPS) is 10.5. The summed E-state index contributed by atoms with van der Waals surface area (Å²) >= 11 is 18.2. The predicted molar refractivity (Wildman–Crippen MR) is 101 cm³/mol. The first-order valence-corrected chi connectivity index (χ1v) is 8.02. The van der Waals surface area contributed by atoms with Crippen LogP contribution in [-0.2, 0) is 0 Å². The van der Waals surface area contributed by atoms with Gasteiger partial charge in [-0.15, -0.1) is 0 Å². The van der Waals surface area contributed by atoms with E-state index in [-0.39, 0.29) is 0 Å². The highest BCUT2D eigenvalue weighted by molar-refractivity contribution is 6.36. The first-order chi connectivity index (χ1) is 11.5. The van der Waals surface area contributed by atoms with Gasteiger partial charge in [-0.1, -0.05) is 46.9 Å². The van der Waals surface area contributed by atoms with E-state index in [4.69, 9.17) is 40.5 Å². The van der Waals surface area contributed by atoms with Crippen molar-refractivity contribution in [1.29, 1.82) is 0 Å². The second kappa shape index (κ2) is 7.13. The molecule has 2 aromatic carbocycles. The van der Waals surface area contributed by atoms with Crippen LogP contribution in [0.4, 0.5) is 28.7 Å². The fraction of sp³-hybridized carbons (Fsp3) is 0. The molecule has 0 aliphatic carbocycles. The standard InChI is InChI=1S/C16H12Cl3N5/c17-9-5-6-13(11(19)7-9)24-16-14(20)15(21-8-22-16)23-12-4-2-1-3-10(12)18/h1-8H,20H2,(H2,21,22,23,24). The van der Waals surface area contributed by atoms with Crippen LogP contribution in [0.2, 0.25) is 15.1 Å². The SMILES string of the molecule is Nc1c(Nc2ccccc2Cl)ncnc1Nc1ccc(Cl)cc1Cl. The summed E-state index contributed by atoms with van der Waals surface area (Å²) in [5.74, 6) is 0.856. The van der Waals surface area contributed by atoms with E-state index in [1.54, 1.807) is 24.3 Å². The van der Waals surface area contributed by atoms with Crippen LogP contribution in [0.3, 0.4) is 0 Å². The number of anilines is 5. The zero-order valence-corrected chi connectivity index (χ0v) is 14.5. The third-order valence-corrected chi connectivity index (χ3v) is 4.07. The lowest BCUT2D eigenvalue weighted by molar-refractivity contribution is 1.17. The van der Waals surface area contributed by atoms with Crippen molar-refractivity contribution in [2.75, 3.05) is 16.4 Å². The Hall–Kier alpha value is -2.21. The molecule has 0 amide bonds. The highest BCUT2D eigenvalue weighted by atomic mass is 35.5. The van der Waals surface area contributed by atoms with Crippen molar-refractivity contribution in [3.8, 4) is 0 Å². The van der Waals surface area contributed by atoms with Crippen molar-refractivity contribution in [2.24, 2.45) is 0 Å². The van der Waals surface area contributed by atoms with Gasteiger partial charge in [-0.2, -0.15) is 0 Å². The smallest absolute Gasteiger partial charge is 0.159 e. The minimum atomic E-state index is 0.337. The topological polar surface area (TPSA) is 75.9 Å². The summed E-state index contributed by atoms with van der Waals surface area (Å²) in [5.41, 5.74) is 7.81. The lowest BCUT2D eigenvalue weighted by Crippen LogP contribution is -2.05. The fourth-order valence-electron chi connectivity index (χ4n) is 2.00. The summed E-state index contributed by atoms with van der Waals surface area (Å²) < 4.78 is 0. The second-order valence-corrected chi connectivity index (χ2v) is 6.09. The van der Waals surface area contributed by atoms with Crippen LogP contribution in [0.25, 0.3) is 0 Å². The molecule has 0 spiro atoms. The Morgan fingerprint density at radius 2 is 1.42 bits per heavy atom. The average molecular weight is 381 g/mol. The number of nitrogen functional groups attached to an aromatic ring is 1. The summed E-state index contributed by atoms with van der Waals surface area (Å²) in [6.07, 6.45) is 1.39. The number of hydrogen-bond donors (Lipinski definition) is 3. The Morgan fingerprint density at radius 3 is 2.04 bits per heavy atom. The lowest BCUT2D eigenvalue weighted by atomic mass is 10.3. The van der Waals surface area contributed by atoms with Gasteiger partial charge < -0.3 is 16.4 Å². The summed E-state index contributed by atoms with van der Waals surface area (Å²) in [6.45, 7) is 0. The molecule has 0 fully saturated rings. The third kappa shape index (κ3) is 3.64. The Kier molecular flexibility index (Phi) is 4.94. The molecule has 0 aliphatic heterocycles. The molecule has 0 radical (unpaired) electrons. The number of nitrogens with zero attached hydrogens (tertiary/aromatic N) is 2. The van der Waals surface area contributed by atoms with E-state index in [1.807, 2.05) is 18.2 Å². The third-order valence-electron chi connectivity index (χ3n) is 3.20. The van der Waals surface area contributed by atoms with Crippen LogP contribution < -0.4 is 16.4 Å². The van der Waals surface area contributed by atoms with Crippen LogP contribution in [-0.4, -0.2) is 9.97 Å². The molecular formula is C16H12Cl3N5. The quantitative estimate of drug-likeness (QED) is 0.556. The van der Waals surface area contributed by atoms with E-state index in [0.29, 0.717) is 43.8 Å². The van der Waals surface area contributed by atoms with Crippen molar-refractivity contribution in [3.63, 3.8) is 0 Å². The zero-order chi connectivity index (χ0) is 17.1. The van der Waals surface area contributed by atoms with Gasteiger partial charge in [-0.05, 0) is 30.3 Å². The van der Waals surface area contributed by atoms with Gasteiger partial charge >= 0.3 is 0 Å². The highest BCUT2D eigenvalue weighted by Crippen LogP contribution is 2.33. The van der Waals surface area contributed by atoms with Crippen molar-refractivity contribution in [2.45, 2.75) is 0 Å². The molecule has 3 aromatic rings. The van der Waals surface area contributed by atoms with Crippen LogP contribution in [0.5, 0.6) is 0 Å². The van der Waals surface area contributed by atoms with Gasteiger partial charge in [0.15, 0.2) is 11.6 Å². The van der Waals surface area contributed by atoms with Crippen molar-refractivity contribution >= 4 is 63.5 Å². The maximum absolute atomic E-state index is 6.16. The van der Waals surface area contributed by atoms with E-state index >= 15 is 0 Å². The van der Waals surface area contributed by atoms with Gasteiger partial charge in [0.05, 0.1) is 21.4 Å². The Labute approximate surface area is 153 Å². The second-order valence-electron chi connectivity index (χ2n) is 4.84. The van der Waals surface area contributed by atoms with E-state index in [9.17, 15) is 0 Å². The Balaban J connectivity index is 1.89. The van der Waals surface area contributed by atoms with Gasteiger partial charge in [0.2, 0.25) is 0 Å². The van der Waals surface area contributed by atoms with Gasteiger partial charge in [-0.25, -0.2) is 9.97 Å². The Morgan fingerprint density at radius 1 is 0.792 bits per heavy atom. The molecule has 0 saturated heterocycles. The number of halogens is 3. The zero-order valence-electron chi connectivity index (χ0n) is 12.2. The largest absolute Gasteiger partial charge is 0.393 e. The summed E-state index contributed by atoms with van der Waals surface area (Å²) in [4.78, 5) is 8.30. The maximum atomic E-state index is 6.16. The molecule has 24 heavy (non-hydrogen) atoms. The highest BCUT2D eigenvalue weighted by Gasteiger charge is 2.11. The molecule has 8 heteroatoms. The summed E-state index contributed by atoms with van der Waals surface area (Å²) in [7, 11) is 0. The van der Waals surface area contributed by atoms with Crippen molar-refractivity contribution < 1.29 is 0 Å². The molecule has 0 saturated carbocycles. The Bertz CT molecular complexity index is 885. The predicted octanol–water partition coefficient (Wildman–Crippen LogP) is 5.51. The number of para-hydroxylation sites is 1. The minimum absolute atomic E-state index is 0.337. The molecular weight excluding hydrogens is 369 g/mol. The number of nitrogens with two attached hydrogens (primary N) is 1. The van der Waals surface area contributed by atoms with E-state index in [1.165, 1.54) is 6.33 Å². The fourth-order valence-corrected chi connectivity index (χ4v) is 2.64. The van der Waals surface area contributed by atoms with E-state index in [2.05, 4.69) is 20.6 Å². The van der Waals surface area contributed by atoms with Crippen molar-refractivity contribution in [1.82, 2.24) is 9.97 Å². The summed E-state index contributed by atoms with van der Waals surface area (Å²) in [5, 5.41) is 7.72. The van der Waals surface area contributed by atoms with Crippen LogP contribution >= 0.6 is 34.8 Å². The maximum Gasteiger partial charge on any atom is 0.159 e. The van der Waals surface area contributed by atoms with Crippen LogP contribution in [0.1, 0.15) is 0 Å². The van der Waals surface area contributed by atoms with Gasteiger partial charge in [0.1, 0.15) is 12.0 Å². The number of nitrogens with one attached hydrogen (secondary N) is 2. The molecule has 1 heterocycles. The van der Waals surface area contributed by atoms with Crippen LogP contribution in [0.15, 0.2) is 48.8 Å². The van der Waals surface area contributed by atoms with E-state index in [0.717, 1.165) is 0 Å². The molecule has 3 rings (SSSR count). The molecule has 0 unspecified atom stereocenters. The number of benzene rings is 2. The van der Waals surface area contributed by atoms with Gasteiger partial charge in [-0.3, -0.25) is 0 Å². The average Bonchev–Trinajstić information content (AvgIpc) is 2.55. The molecule has 4 N–H and O–H groups in total. The molecule has 0 atom stereocenters. The minimum Gasteiger partial charge on any atom is -0.393 e. The first-order valence-electron chi connectivity index (χ1n) is 6.88. The van der Waals surface area contributed by atoms with Gasteiger partial charge in [0, 0.05) is 5.02 Å². The lowest BCUT2D eigenvalue weighted by Gasteiger charge is -2.14. The molecule has 5 nitrogen and oxygen atoms in total. The summed E-state index contributed by atoms with van der Waals surface area (Å²) in [6, 6.07) is 12.4. The monoisotopic (exact) mass is 379 g/mol. The van der Waals surface area contributed by atoms with E-state index < -0.39 is 0 Å². The number of hydrogen-bond acceptors (Lipinski definition) is 5. The molecule has 0 bridgehead atoms. The molecule has 1 aromatic heterocycles. The number of rotatable bonds is 4. The van der Waals surface area contributed by atoms with Gasteiger partial charge in [0.25, 0.3) is 0 Å². The van der Waals surface area contributed by atoms with Crippen LogP contribution in [0, 0.1) is 0 Å². The number of aromatic nitrogens is 2. The van der Waals surface area contributed by atoms with Crippen molar-refractivity contribution in [3.05, 3.63) is 63.9 Å².